The molecule has 1 aliphatic carbocycles. The van der Waals surface area contributed by atoms with Crippen molar-refractivity contribution in [1.29, 1.82) is 0 Å². The van der Waals surface area contributed by atoms with Crippen molar-refractivity contribution in [1.82, 2.24) is 19.9 Å². The van der Waals surface area contributed by atoms with Crippen LogP contribution in [0.4, 0.5) is 0 Å². The monoisotopic (exact) mass is 378 g/mol. The number of pyridine rings is 1. The molecular weight excluding hydrogens is 352 g/mol. The van der Waals surface area contributed by atoms with Crippen molar-refractivity contribution >= 4 is 0 Å². The molecule has 2 N–H and O–H groups in total. The van der Waals surface area contributed by atoms with E-state index in [0.717, 1.165) is 43.0 Å². The molecule has 1 aliphatic rings. The lowest BCUT2D eigenvalue weighted by Crippen LogP contribution is -2.35. The van der Waals surface area contributed by atoms with E-state index in [4.69, 9.17) is 4.74 Å². The Morgan fingerprint density at radius 1 is 1.21 bits per heavy atom. The van der Waals surface area contributed by atoms with Crippen LogP contribution in [0.1, 0.15) is 24.0 Å². The van der Waals surface area contributed by atoms with Gasteiger partial charge in [-0.3, -0.25) is 4.98 Å². The zero-order chi connectivity index (χ0) is 19.3. The maximum Gasteiger partial charge on any atom is 0.145 e. The van der Waals surface area contributed by atoms with E-state index in [1.165, 1.54) is 5.56 Å². The molecule has 0 spiro atoms. The minimum absolute atomic E-state index is 0.125. The van der Waals surface area contributed by atoms with Gasteiger partial charge >= 0.3 is 0 Å². The largest absolute Gasteiger partial charge is 0.455 e. The molecule has 0 radical (unpaired) electrons. The second-order valence-corrected chi connectivity index (χ2v) is 7.54. The number of rotatable bonds is 7. The minimum Gasteiger partial charge on any atom is -0.455 e. The quantitative estimate of drug-likeness (QED) is 0.660. The topological polar surface area (TPSA) is 72.2 Å². The summed E-state index contributed by atoms with van der Waals surface area (Å²) in [5.74, 6) is 2.03. The molecular formula is C22H26N4O2. The summed E-state index contributed by atoms with van der Waals surface area (Å²) in [6.45, 7) is 3.68. The lowest BCUT2D eigenvalue weighted by atomic mass is 10.1. The van der Waals surface area contributed by atoms with Crippen LogP contribution in [-0.2, 0) is 13.1 Å². The number of aliphatic hydroxyl groups is 1. The first kappa shape index (κ1) is 18.7. The molecule has 1 unspecified atom stereocenters. The van der Waals surface area contributed by atoms with Crippen LogP contribution in [-0.4, -0.2) is 31.8 Å². The molecule has 28 heavy (non-hydrogen) atoms. The SMILES string of the molecule is Cc1cc(CN[C@@H]2CC(Cn3ccnc3)C[C@H]2O)ccc1Oc1cccnc1. The number of aryl methyl sites for hydroxylation is 1. The Morgan fingerprint density at radius 2 is 2.14 bits per heavy atom. The van der Waals surface area contributed by atoms with Gasteiger partial charge in [-0.15, -0.1) is 0 Å². The molecule has 146 valence electrons. The number of hydrogen-bond donors (Lipinski definition) is 2. The van der Waals surface area contributed by atoms with Crippen molar-refractivity contribution in [3.05, 3.63) is 72.6 Å². The fraction of sp³-hybridized carbons (Fsp3) is 0.364. The smallest absolute Gasteiger partial charge is 0.145 e. The summed E-state index contributed by atoms with van der Waals surface area (Å²) in [4.78, 5) is 8.17. The number of aromatic nitrogens is 3. The summed E-state index contributed by atoms with van der Waals surface area (Å²) in [7, 11) is 0. The summed E-state index contributed by atoms with van der Waals surface area (Å²) >= 11 is 0. The van der Waals surface area contributed by atoms with Gasteiger partial charge in [0.05, 0.1) is 18.6 Å². The lowest BCUT2D eigenvalue weighted by Gasteiger charge is -2.17. The molecule has 1 fully saturated rings. The van der Waals surface area contributed by atoms with Gasteiger partial charge < -0.3 is 19.7 Å². The Kier molecular flexibility index (Phi) is 5.69. The molecule has 6 heteroatoms. The van der Waals surface area contributed by atoms with Crippen LogP contribution in [0.25, 0.3) is 0 Å². The highest BCUT2D eigenvalue weighted by atomic mass is 16.5. The molecule has 1 aromatic carbocycles. The van der Waals surface area contributed by atoms with Crippen LogP contribution in [0.5, 0.6) is 11.5 Å². The van der Waals surface area contributed by atoms with Crippen LogP contribution in [0.3, 0.4) is 0 Å². The number of hydrogen-bond acceptors (Lipinski definition) is 5. The van der Waals surface area contributed by atoms with Gasteiger partial charge in [0.1, 0.15) is 11.5 Å². The van der Waals surface area contributed by atoms with E-state index in [1.807, 2.05) is 37.6 Å². The Balaban J connectivity index is 1.31. The third-order valence-electron chi connectivity index (χ3n) is 5.32. The molecule has 3 atom stereocenters. The average Bonchev–Trinajstić information content (AvgIpc) is 3.33. The van der Waals surface area contributed by atoms with E-state index >= 15 is 0 Å². The molecule has 0 amide bonds. The zero-order valence-corrected chi connectivity index (χ0v) is 16.0. The molecule has 2 heterocycles. The normalized spacial score (nSPS) is 21.7. The summed E-state index contributed by atoms with van der Waals surface area (Å²) < 4.78 is 7.98. The Hall–Kier alpha value is -2.70. The Bertz CT molecular complexity index is 883. The van der Waals surface area contributed by atoms with Gasteiger partial charge in [-0.2, -0.15) is 0 Å². The molecule has 2 aromatic heterocycles. The first-order valence-corrected chi connectivity index (χ1v) is 9.72. The van der Waals surface area contributed by atoms with Crippen molar-refractivity contribution in [2.24, 2.45) is 5.92 Å². The highest BCUT2D eigenvalue weighted by Gasteiger charge is 2.32. The van der Waals surface area contributed by atoms with Gasteiger partial charge in [0.2, 0.25) is 0 Å². The van der Waals surface area contributed by atoms with Crippen LogP contribution in [0.2, 0.25) is 0 Å². The maximum atomic E-state index is 10.4. The number of aliphatic hydroxyl groups excluding tert-OH is 1. The van der Waals surface area contributed by atoms with E-state index in [9.17, 15) is 5.11 Å². The fourth-order valence-electron chi connectivity index (χ4n) is 3.90. The van der Waals surface area contributed by atoms with Crippen LogP contribution >= 0.6 is 0 Å². The highest BCUT2D eigenvalue weighted by Crippen LogP contribution is 2.29. The highest BCUT2D eigenvalue weighted by molar-refractivity contribution is 5.39. The molecule has 3 aromatic rings. The summed E-state index contributed by atoms with van der Waals surface area (Å²) in [6.07, 6.45) is 10.5. The van der Waals surface area contributed by atoms with E-state index in [-0.39, 0.29) is 12.1 Å². The van der Waals surface area contributed by atoms with Crippen LogP contribution in [0, 0.1) is 12.8 Å². The van der Waals surface area contributed by atoms with Crippen molar-refractivity contribution in [2.45, 2.75) is 45.0 Å². The zero-order valence-electron chi connectivity index (χ0n) is 16.0. The predicted molar refractivity (Wildman–Crippen MR) is 107 cm³/mol. The molecule has 0 saturated heterocycles. The van der Waals surface area contributed by atoms with E-state index in [0.29, 0.717) is 5.92 Å². The predicted octanol–water partition coefficient (Wildman–Crippen LogP) is 3.31. The average molecular weight is 378 g/mol. The van der Waals surface area contributed by atoms with Crippen LogP contribution < -0.4 is 10.1 Å². The van der Waals surface area contributed by atoms with Crippen molar-refractivity contribution in [3.8, 4) is 11.5 Å². The molecule has 6 nitrogen and oxygen atoms in total. The van der Waals surface area contributed by atoms with Gasteiger partial charge in [0.15, 0.2) is 0 Å². The number of imidazole rings is 1. The van der Waals surface area contributed by atoms with Gasteiger partial charge in [0, 0.05) is 37.7 Å². The second-order valence-electron chi connectivity index (χ2n) is 7.54. The molecule has 0 aliphatic heterocycles. The fourth-order valence-corrected chi connectivity index (χ4v) is 3.90. The van der Waals surface area contributed by atoms with Gasteiger partial charge in [-0.1, -0.05) is 12.1 Å². The summed E-state index contributed by atoms with van der Waals surface area (Å²) in [5, 5.41) is 13.9. The summed E-state index contributed by atoms with van der Waals surface area (Å²) in [6, 6.07) is 10.1. The number of nitrogens with zero attached hydrogens (tertiary/aromatic N) is 3. The molecule has 4 rings (SSSR count). The third kappa shape index (κ3) is 4.58. The maximum absolute atomic E-state index is 10.4. The van der Waals surface area contributed by atoms with Crippen LogP contribution in [0.15, 0.2) is 61.4 Å². The second kappa shape index (κ2) is 8.54. The van der Waals surface area contributed by atoms with Crippen molar-refractivity contribution in [3.63, 3.8) is 0 Å². The van der Waals surface area contributed by atoms with Gasteiger partial charge in [0.25, 0.3) is 0 Å². The van der Waals surface area contributed by atoms with Crippen molar-refractivity contribution < 1.29 is 9.84 Å². The summed E-state index contributed by atoms with van der Waals surface area (Å²) in [5.41, 5.74) is 2.26. The van der Waals surface area contributed by atoms with E-state index in [1.54, 1.807) is 18.6 Å². The van der Waals surface area contributed by atoms with E-state index < -0.39 is 0 Å². The first-order valence-electron chi connectivity index (χ1n) is 9.72. The Labute approximate surface area is 165 Å². The number of benzene rings is 1. The van der Waals surface area contributed by atoms with Crippen molar-refractivity contribution in [2.75, 3.05) is 0 Å². The standard InChI is InChI=1S/C22H26N4O2/c1-16-9-17(4-5-22(16)28-19-3-2-6-23-13-19)12-25-20-10-18(11-21(20)27)14-26-8-7-24-15-26/h2-9,13,15,18,20-21,25,27H,10-12,14H2,1H3/t18?,20-,21-/m1/s1. The number of ether oxygens (including phenoxy) is 1. The lowest BCUT2D eigenvalue weighted by molar-refractivity contribution is 0.145. The number of nitrogens with one attached hydrogen (secondary N) is 1. The van der Waals surface area contributed by atoms with Gasteiger partial charge in [-0.25, -0.2) is 4.98 Å². The van der Waals surface area contributed by atoms with E-state index in [2.05, 4.69) is 32.0 Å². The van der Waals surface area contributed by atoms with Gasteiger partial charge in [-0.05, 0) is 55.0 Å². The first-order chi connectivity index (χ1) is 13.7. The minimum atomic E-state index is -0.303. The molecule has 1 saturated carbocycles. The third-order valence-corrected chi connectivity index (χ3v) is 5.32. The Morgan fingerprint density at radius 3 is 2.89 bits per heavy atom. The molecule has 0 bridgehead atoms.